The van der Waals surface area contributed by atoms with Gasteiger partial charge in [-0.15, -0.1) is 0 Å². The number of hydrogen-bond donors (Lipinski definition) is 0. The number of nitrogens with zero attached hydrogens (tertiary/aromatic N) is 2. The summed E-state index contributed by atoms with van der Waals surface area (Å²) in [6.07, 6.45) is 0. The monoisotopic (exact) mass is 238 g/mol. The fourth-order valence-electron chi connectivity index (χ4n) is 1.57. The first kappa shape index (κ1) is 11.0. The highest BCUT2D eigenvalue weighted by Gasteiger charge is 2.09. The Kier molecular flexibility index (Phi) is 2.83. The van der Waals surface area contributed by atoms with Crippen molar-refractivity contribution < 1.29 is 9.47 Å². The van der Waals surface area contributed by atoms with Crippen molar-refractivity contribution in [2.45, 2.75) is 6.92 Å². The molecule has 0 saturated carbocycles. The van der Waals surface area contributed by atoms with Gasteiger partial charge in [-0.25, -0.2) is 9.97 Å². The summed E-state index contributed by atoms with van der Waals surface area (Å²) in [5.41, 5.74) is 1.56. The van der Waals surface area contributed by atoms with E-state index in [4.69, 9.17) is 21.1 Å². The SMILES string of the molecule is COc1cc2nc(Cl)nc(C)c2cc1OC. The second kappa shape index (κ2) is 4.14. The third kappa shape index (κ3) is 1.76. The summed E-state index contributed by atoms with van der Waals surface area (Å²) in [6, 6.07) is 3.63. The van der Waals surface area contributed by atoms with Crippen LogP contribution >= 0.6 is 11.6 Å². The highest BCUT2D eigenvalue weighted by molar-refractivity contribution is 6.28. The predicted molar refractivity (Wildman–Crippen MR) is 62.4 cm³/mol. The molecule has 0 atom stereocenters. The molecule has 1 aromatic carbocycles. The van der Waals surface area contributed by atoms with Crippen LogP contribution < -0.4 is 9.47 Å². The van der Waals surface area contributed by atoms with Crippen LogP contribution in [0.4, 0.5) is 0 Å². The van der Waals surface area contributed by atoms with Crippen LogP contribution in [0.5, 0.6) is 11.5 Å². The number of benzene rings is 1. The second-order valence-corrected chi connectivity index (χ2v) is 3.64. The average molecular weight is 239 g/mol. The number of aromatic nitrogens is 2. The van der Waals surface area contributed by atoms with Gasteiger partial charge in [-0.05, 0) is 24.6 Å². The molecule has 0 fully saturated rings. The summed E-state index contributed by atoms with van der Waals surface area (Å²) >= 11 is 5.80. The van der Waals surface area contributed by atoms with Gasteiger partial charge in [0.05, 0.1) is 25.4 Å². The fourth-order valence-corrected chi connectivity index (χ4v) is 1.79. The van der Waals surface area contributed by atoms with Gasteiger partial charge in [-0.2, -0.15) is 0 Å². The molecule has 0 amide bonds. The summed E-state index contributed by atoms with van der Waals surface area (Å²) in [5, 5.41) is 1.14. The zero-order valence-electron chi connectivity index (χ0n) is 9.24. The van der Waals surface area contributed by atoms with E-state index in [2.05, 4.69) is 9.97 Å². The van der Waals surface area contributed by atoms with E-state index in [1.54, 1.807) is 20.3 Å². The molecule has 4 nitrogen and oxygen atoms in total. The van der Waals surface area contributed by atoms with Gasteiger partial charge in [0.15, 0.2) is 11.5 Å². The third-order valence-corrected chi connectivity index (χ3v) is 2.53. The Morgan fingerprint density at radius 1 is 1.06 bits per heavy atom. The number of halogens is 1. The topological polar surface area (TPSA) is 44.2 Å². The van der Waals surface area contributed by atoms with Crippen LogP contribution in [0, 0.1) is 6.92 Å². The highest BCUT2D eigenvalue weighted by Crippen LogP contribution is 2.32. The molecule has 84 valence electrons. The number of aryl methyl sites for hydroxylation is 1. The number of methoxy groups -OCH3 is 2. The van der Waals surface area contributed by atoms with E-state index < -0.39 is 0 Å². The van der Waals surface area contributed by atoms with Crippen molar-refractivity contribution in [3.05, 3.63) is 23.1 Å². The summed E-state index contributed by atoms with van der Waals surface area (Å²) in [7, 11) is 3.18. The normalized spacial score (nSPS) is 10.5. The minimum Gasteiger partial charge on any atom is -0.493 e. The molecule has 0 radical (unpaired) electrons. The molecule has 1 aromatic heterocycles. The van der Waals surface area contributed by atoms with E-state index in [0.717, 1.165) is 16.6 Å². The summed E-state index contributed by atoms with van der Waals surface area (Å²) < 4.78 is 10.4. The summed E-state index contributed by atoms with van der Waals surface area (Å²) in [4.78, 5) is 8.23. The van der Waals surface area contributed by atoms with E-state index in [9.17, 15) is 0 Å². The second-order valence-electron chi connectivity index (χ2n) is 3.30. The lowest BCUT2D eigenvalue weighted by Crippen LogP contribution is -1.94. The molecule has 1 heterocycles. The van der Waals surface area contributed by atoms with Crippen LogP contribution in [0.15, 0.2) is 12.1 Å². The molecule has 2 aromatic rings. The third-order valence-electron chi connectivity index (χ3n) is 2.36. The lowest BCUT2D eigenvalue weighted by Gasteiger charge is -2.09. The molecule has 0 aliphatic heterocycles. The molecule has 0 saturated heterocycles. The molecule has 0 aliphatic rings. The predicted octanol–water partition coefficient (Wildman–Crippen LogP) is 2.61. The minimum absolute atomic E-state index is 0.234. The largest absolute Gasteiger partial charge is 0.493 e. The van der Waals surface area contributed by atoms with Gasteiger partial charge in [-0.1, -0.05) is 0 Å². The van der Waals surface area contributed by atoms with Crippen LogP contribution in [0.3, 0.4) is 0 Å². The first-order chi connectivity index (χ1) is 7.65. The summed E-state index contributed by atoms with van der Waals surface area (Å²) in [5.74, 6) is 1.29. The smallest absolute Gasteiger partial charge is 0.223 e. The molecule has 0 aliphatic carbocycles. The quantitative estimate of drug-likeness (QED) is 0.755. The number of fused-ring (bicyclic) bond motifs is 1. The molecule has 0 unspecified atom stereocenters. The van der Waals surface area contributed by atoms with Gasteiger partial charge in [-0.3, -0.25) is 0 Å². The van der Waals surface area contributed by atoms with E-state index in [1.165, 1.54) is 0 Å². The zero-order chi connectivity index (χ0) is 11.7. The Bertz CT molecular complexity index is 543. The van der Waals surface area contributed by atoms with Crippen LogP contribution in [-0.2, 0) is 0 Å². The molecule has 0 bridgehead atoms. The van der Waals surface area contributed by atoms with Crippen molar-refractivity contribution in [1.29, 1.82) is 0 Å². The van der Waals surface area contributed by atoms with E-state index in [0.29, 0.717) is 11.5 Å². The Labute approximate surface area is 98.2 Å². The lowest BCUT2D eigenvalue weighted by molar-refractivity contribution is 0.355. The van der Waals surface area contributed by atoms with Gasteiger partial charge in [0, 0.05) is 11.5 Å². The van der Waals surface area contributed by atoms with Crippen molar-refractivity contribution >= 4 is 22.5 Å². The van der Waals surface area contributed by atoms with Gasteiger partial charge < -0.3 is 9.47 Å². The molecular formula is C11H11ClN2O2. The van der Waals surface area contributed by atoms with Crippen molar-refractivity contribution in [2.24, 2.45) is 0 Å². The van der Waals surface area contributed by atoms with Gasteiger partial charge >= 0.3 is 0 Å². The Morgan fingerprint density at radius 3 is 2.31 bits per heavy atom. The molecule has 0 spiro atoms. The van der Waals surface area contributed by atoms with Crippen LogP contribution in [0.2, 0.25) is 5.28 Å². The fraction of sp³-hybridized carbons (Fsp3) is 0.273. The van der Waals surface area contributed by atoms with Gasteiger partial charge in [0.2, 0.25) is 5.28 Å². The Morgan fingerprint density at radius 2 is 1.69 bits per heavy atom. The van der Waals surface area contributed by atoms with Crippen molar-refractivity contribution in [3.63, 3.8) is 0 Å². The van der Waals surface area contributed by atoms with Gasteiger partial charge in [0.25, 0.3) is 0 Å². The lowest BCUT2D eigenvalue weighted by atomic mass is 10.2. The maximum Gasteiger partial charge on any atom is 0.223 e. The Balaban J connectivity index is 2.78. The van der Waals surface area contributed by atoms with Crippen LogP contribution in [0.25, 0.3) is 10.9 Å². The summed E-state index contributed by atoms with van der Waals surface area (Å²) in [6.45, 7) is 1.88. The molecule has 2 rings (SSSR count). The molecule has 16 heavy (non-hydrogen) atoms. The highest BCUT2D eigenvalue weighted by atomic mass is 35.5. The number of hydrogen-bond acceptors (Lipinski definition) is 4. The first-order valence-corrected chi connectivity index (χ1v) is 5.09. The average Bonchev–Trinajstić information content (AvgIpc) is 2.27. The first-order valence-electron chi connectivity index (χ1n) is 4.71. The van der Waals surface area contributed by atoms with E-state index in [1.807, 2.05) is 13.0 Å². The van der Waals surface area contributed by atoms with E-state index >= 15 is 0 Å². The van der Waals surface area contributed by atoms with Crippen molar-refractivity contribution in [2.75, 3.05) is 14.2 Å². The number of rotatable bonds is 2. The molecule has 5 heteroatoms. The standard InChI is InChI=1S/C11H11ClN2O2/c1-6-7-4-9(15-2)10(16-3)5-8(7)14-11(12)13-6/h4-5H,1-3H3. The van der Waals surface area contributed by atoms with Crippen LogP contribution in [0.1, 0.15) is 5.69 Å². The van der Waals surface area contributed by atoms with Crippen molar-refractivity contribution in [1.82, 2.24) is 9.97 Å². The molecule has 0 N–H and O–H groups in total. The molecular weight excluding hydrogens is 228 g/mol. The maximum atomic E-state index is 5.80. The minimum atomic E-state index is 0.234. The van der Waals surface area contributed by atoms with Gasteiger partial charge in [0.1, 0.15) is 0 Å². The zero-order valence-corrected chi connectivity index (χ0v) is 10.00. The van der Waals surface area contributed by atoms with Crippen molar-refractivity contribution in [3.8, 4) is 11.5 Å². The van der Waals surface area contributed by atoms with E-state index in [-0.39, 0.29) is 5.28 Å². The maximum absolute atomic E-state index is 5.80. The van der Waals surface area contributed by atoms with Crippen LogP contribution in [-0.4, -0.2) is 24.2 Å². The number of ether oxygens (including phenoxy) is 2. The Hall–Kier alpha value is -1.55.